The van der Waals surface area contributed by atoms with Gasteiger partial charge in [-0.1, -0.05) is 6.08 Å². The highest BCUT2D eigenvalue weighted by molar-refractivity contribution is 5.90. The van der Waals surface area contributed by atoms with E-state index in [1.54, 1.807) is 12.1 Å². The Balaban J connectivity index is 2.55. The molecule has 0 aliphatic carbocycles. The van der Waals surface area contributed by atoms with Crippen molar-refractivity contribution in [2.45, 2.75) is 6.42 Å². The van der Waals surface area contributed by atoms with Crippen molar-refractivity contribution in [3.63, 3.8) is 0 Å². The van der Waals surface area contributed by atoms with Crippen LogP contribution in [0, 0.1) is 17.1 Å². The fourth-order valence-corrected chi connectivity index (χ4v) is 2.08. The maximum absolute atomic E-state index is 13.7. The minimum Gasteiger partial charge on any atom is -0.494 e. The predicted octanol–water partition coefficient (Wildman–Crippen LogP) is 2.68. The van der Waals surface area contributed by atoms with E-state index >= 15 is 0 Å². The summed E-state index contributed by atoms with van der Waals surface area (Å²) in [5.74, 6) is 0.299. The molecule has 0 radical (unpaired) electrons. The summed E-state index contributed by atoms with van der Waals surface area (Å²) < 4.78 is 18.8. The van der Waals surface area contributed by atoms with Crippen molar-refractivity contribution in [3.05, 3.63) is 36.9 Å². The molecule has 1 heterocycles. The van der Waals surface area contributed by atoms with Crippen LogP contribution in [0.1, 0.15) is 6.42 Å². The molecule has 0 spiro atoms. The van der Waals surface area contributed by atoms with Crippen LogP contribution >= 0.6 is 0 Å². The SMILES string of the molecule is C=CCN(CCC#N)c1ncnc2cc(F)c(OC)cc12. The van der Waals surface area contributed by atoms with E-state index in [1.165, 1.54) is 19.5 Å². The Labute approximate surface area is 122 Å². The summed E-state index contributed by atoms with van der Waals surface area (Å²) in [6, 6.07) is 4.99. The van der Waals surface area contributed by atoms with Crippen molar-refractivity contribution in [1.29, 1.82) is 5.26 Å². The highest BCUT2D eigenvalue weighted by Gasteiger charge is 2.14. The molecule has 0 N–H and O–H groups in total. The van der Waals surface area contributed by atoms with E-state index < -0.39 is 5.82 Å². The lowest BCUT2D eigenvalue weighted by Crippen LogP contribution is -2.25. The quantitative estimate of drug-likeness (QED) is 0.764. The molecule has 0 saturated carbocycles. The van der Waals surface area contributed by atoms with Gasteiger partial charge in [-0.05, 0) is 6.07 Å². The number of methoxy groups -OCH3 is 1. The van der Waals surface area contributed by atoms with Crippen molar-refractivity contribution in [3.8, 4) is 11.8 Å². The van der Waals surface area contributed by atoms with Crippen LogP contribution in [0.25, 0.3) is 10.9 Å². The molecule has 0 fully saturated rings. The standard InChI is InChI=1S/C15H15FN4O/c1-3-6-20(7-4-5-17)15-11-8-14(21-2)12(16)9-13(11)18-10-19-15/h3,8-10H,1,4,6-7H2,2H3. The van der Waals surface area contributed by atoms with E-state index in [0.717, 1.165) is 0 Å². The lowest BCUT2D eigenvalue weighted by Gasteiger charge is -2.22. The predicted molar refractivity (Wildman–Crippen MR) is 78.7 cm³/mol. The minimum atomic E-state index is -0.470. The molecule has 2 rings (SSSR count). The average molecular weight is 286 g/mol. The maximum atomic E-state index is 13.7. The minimum absolute atomic E-state index is 0.136. The maximum Gasteiger partial charge on any atom is 0.167 e. The Morgan fingerprint density at radius 3 is 2.95 bits per heavy atom. The number of nitrogens with zero attached hydrogens (tertiary/aromatic N) is 4. The fourth-order valence-electron chi connectivity index (χ4n) is 2.08. The van der Waals surface area contributed by atoms with Crippen LogP contribution in [0.5, 0.6) is 5.75 Å². The number of fused-ring (bicyclic) bond motifs is 1. The Hall–Kier alpha value is -2.68. The molecular formula is C15H15FN4O. The van der Waals surface area contributed by atoms with Gasteiger partial charge in [0.05, 0.1) is 25.1 Å². The summed E-state index contributed by atoms with van der Waals surface area (Å²) in [6.07, 6.45) is 3.47. The molecule has 1 aromatic heterocycles. The van der Waals surface area contributed by atoms with Crippen molar-refractivity contribution < 1.29 is 9.13 Å². The normalized spacial score (nSPS) is 10.1. The summed E-state index contributed by atoms with van der Waals surface area (Å²) in [4.78, 5) is 10.2. The van der Waals surface area contributed by atoms with E-state index in [0.29, 0.717) is 36.2 Å². The number of benzene rings is 1. The molecule has 0 saturated heterocycles. The second kappa shape index (κ2) is 6.66. The zero-order chi connectivity index (χ0) is 15.2. The molecule has 108 valence electrons. The van der Waals surface area contributed by atoms with Gasteiger partial charge in [-0.25, -0.2) is 14.4 Å². The molecule has 6 heteroatoms. The van der Waals surface area contributed by atoms with Crippen molar-refractivity contribution in [2.24, 2.45) is 0 Å². The van der Waals surface area contributed by atoms with E-state index in [1.807, 2.05) is 4.90 Å². The number of hydrogen-bond acceptors (Lipinski definition) is 5. The monoisotopic (exact) mass is 286 g/mol. The second-order valence-corrected chi connectivity index (χ2v) is 4.34. The van der Waals surface area contributed by atoms with Crippen LogP contribution < -0.4 is 9.64 Å². The summed E-state index contributed by atoms with van der Waals surface area (Å²) in [5, 5.41) is 9.43. The van der Waals surface area contributed by atoms with Crippen molar-refractivity contribution in [1.82, 2.24) is 9.97 Å². The molecule has 0 bridgehead atoms. The molecule has 0 atom stereocenters. The van der Waals surface area contributed by atoms with E-state index in [2.05, 4.69) is 22.6 Å². The third-order valence-electron chi connectivity index (χ3n) is 3.03. The molecular weight excluding hydrogens is 271 g/mol. The van der Waals surface area contributed by atoms with Crippen LogP contribution in [-0.2, 0) is 0 Å². The number of hydrogen-bond donors (Lipinski definition) is 0. The number of aromatic nitrogens is 2. The first-order valence-corrected chi connectivity index (χ1v) is 6.42. The summed E-state index contributed by atoms with van der Waals surface area (Å²) in [7, 11) is 1.41. The van der Waals surface area contributed by atoms with Gasteiger partial charge in [0, 0.05) is 24.5 Å². The first kappa shape index (κ1) is 14.7. The third kappa shape index (κ3) is 3.08. The Morgan fingerprint density at radius 2 is 2.29 bits per heavy atom. The van der Waals surface area contributed by atoms with Gasteiger partial charge in [0.25, 0.3) is 0 Å². The number of anilines is 1. The summed E-state index contributed by atoms with van der Waals surface area (Å²) >= 11 is 0. The number of nitriles is 1. The molecule has 21 heavy (non-hydrogen) atoms. The second-order valence-electron chi connectivity index (χ2n) is 4.34. The molecule has 0 amide bonds. The Bertz CT molecular complexity index is 696. The first-order valence-electron chi connectivity index (χ1n) is 6.42. The Kier molecular flexibility index (Phi) is 4.67. The molecule has 0 aliphatic rings. The van der Waals surface area contributed by atoms with Gasteiger partial charge in [-0.3, -0.25) is 0 Å². The van der Waals surface area contributed by atoms with Crippen molar-refractivity contribution in [2.75, 3.05) is 25.1 Å². The topological polar surface area (TPSA) is 62.0 Å². The molecule has 0 aliphatic heterocycles. The van der Waals surface area contributed by atoms with Crippen LogP contribution in [-0.4, -0.2) is 30.2 Å². The number of halogens is 1. The molecule has 1 aromatic carbocycles. The lowest BCUT2D eigenvalue weighted by atomic mass is 10.2. The zero-order valence-corrected chi connectivity index (χ0v) is 11.7. The summed E-state index contributed by atoms with van der Waals surface area (Å²) in [6.45, 7) is 4.75. The number of ether oxygens (including phenoxy) is 1. The zero-order valence-electron chi connectivity index (χ0n) is 11.7. The van der Waals surface area contributed by atoms with Crippen molar-refractivity contribution >= 4 is 16.7 Å². The fraction of sp³-hybridized carbons (Fsp3) is 0.267. The lowest BCUT2D eigenvalue weighted by molar-refractivity contribution is 0.387. The molecule has 0 unspecified atom stereocenters. The van der Waals surface area contributed by atoms with E-state index in [4.69, 9.17) is 10.00 Å². The van der Waals surface area contributed by atoms with Crippen LogP contribution in [0.15, 0.2) is 31.1 Å². The smallest absolute Gasteiger partial charge is 0.167 e. The molecule has 2 aromatic rings. The summed E-state index contributed by atoms with van der Waals surface area (Å²) in [5.41, 5.74) is 0.490. The van der Waals surface area contributed by atoms with Gasteiger partial charge in [0.2, 0.25) is 0 Å². The van der Waals surface area contributed by atoms with Gasteiger partial charge in [0.15, 0.2) is 11.6 Å². The molecule has 5 nitrogen and oxygen atoms in total. The first-order chi connectivity index (χ1) is 10.2. The highest BCUT2D eigenvalue weighted by Crippen LogP contribution is 2.29. The van der Waals surface area contributed by atoms with Gasteiger partial charge >= 0.3 is 0 Å². The van der Waals surface area contributed by atoms with Crippen LogP contribution in [0.2, 0.25) is 0 Å². The third-order valence-corrected chi connectivity index (χ3v) is 3.03. The highest BCUT2D eigenvalue weighted by atomic mass is 19.1. The van der Waals surface area contributed by atoms with Gasteiger partial charge in [-0.15, -0.1) is 6.58 Å². The van der Waals surface area contributed by atoms with Gasteiger partial charge < -0.3 is 9.64 Å². The number of rotatable bonds is 6. The van der Waals surface area contributed by atoms with Crippen LogP contribution in [0.3, 0.4) is 0 Å². The van der Waals surface area contributed by atoms with Gasteiger partial charge in [-0.2, -0.15) is 5.26 Å². The van der Waals surface area contributed by atoms with Crippen LogP contribution in [0.4, 0.5) is 10.2 Å². The van der Waals surface area contributed by atoms with E-state index in [9.17, 15) is 4.39 Å². The largest absolute Gasteiger partial charge is 0.494 e. The van der Waals surface area contributed by atoms with Gasteiger partial charge in [0.1, 0.15) is 12.1 Å². The average Bonchev–Trinajstić information content (AvgIpc) is 2.50. The Morgan fingerprint density at radius 1 is 1.48 bits per heavy atom. The van der Waals surface area contributed by atoms with E-state index in [-0.39, 0.29) is 5.75 Å².